The van der Waals surface area contributed by atoms with E-state index in [1.165, 1.54) is 12.1 Å². The monoisotopic (exact) mass is 502 g/mol. The number of aromatic nitrogens is 3. The van der Waals surface area contributed by atoms with Crippen molar-refractivity contribution < 1.29 is 32.2 Å². The molecule has 0 bridgehead atoms. The Bertz CT molecular complexity index is 1370. The van der Waals surface area contributed by atoms with Crippen LogP contribution in [0.3, 0.4) is 0 Å². The number of hydrogen-bond acceptors (Lipinski definition) is 5. The molecule has 0 aliphatic heterocycles. The summed E-state index contributed by atoms with van der Waals surface area (Å²) >= 11 is 0. The van der Waals surface area contributed by atoms with Crippen LogP contribution in [0.1, 0.15) is 17.5 Å². The zero-order valence-corrected chi connectivity index (χ0v) is 19.1. The van der Waals surface area contributed by atoms with E-state index in [9.17, 15) is 22.4 Å². The number of aliphatic carboxylic acids is 1. The van der Waals surface area contributed by atoms with E-state index in [1.807, 2.05) is 0 Å². The summed E-state index contributed by atoms with van der Waals surface area (Å²) in [6.45, 7) is 0.698. The standard InChI is InChI=1S/C25H22F4N4O3/c1-33(9-2-10-36-18-7-8-21-19(12-18)16(13-30-21)11-22(34)35)24-20(26)14-31-23(32-24)15-3-5-17(6-4-15)25(27,28)29/h3-8,12-14,30H,2,9-11H2,1H3,(H,34,35). The molecule has 0 saturated heterocycles. The van der Waals surface area contributed by atoms with E-state index in [2.05, 4.69) is 15.0 Å². The average molecular weight is 502 g/mol. The predicted octanol–water partition coefficient (Wildman–Crippen LogP) is 5.32. The van der Waals surface area contributed by atoms with Crippen molar-refractivity contribution in [2.24, 2.45) is 0 Å². The molecule has 36 heavy (non-hydrogen) atoms. The van der Waals surface area contributed by atoms with Gasteiger partial charge in [0, 0.05) is 36.3 Å². The van der Waals surface area contributed by atoms with Crippen LogP contribution >= 0.6 is 0 Å². The molecule has 0 fully saturated rings. The van der Waals surface area contributed by atoms with E-state index >= 15 is 0 Å². The molecular weight excluding hydrogens is 480 g/mol. The lowest BCUT2D eigenvalue weighted by atomic mass is 10.1. The summed E-state index contributed by atoms with van der Waals surface area (Å²) in [4.78, 5) is 23.7. The summed E-state index contributed by atoms with van der Waals surface area (Å²) in [5.41, 5.74) is 1.01. The van der Waals surface area contributed by atoms with Crippen LogP contribution < -0.4 is 9.64 Å². The largest absolute Gasteiger partial charge is 0.494 e. The van der Waals surface area contributed by atoms with Gasteiger partial charge in [-0.3, -0.25) is 4.79 Å². The van der Waals surface area contributed by atoms with Crippen molar-refractivity contribution in [1.82, 2.24) is 15.0 Å². The summed E-state index contributed by atoms with van der Waals surface area (Å²) < 4.78 is 58.6. The van der Waals surface area contributed by atoms with Gasteiger partial charge in [-0.1, -0.05) is 12.1 Å². The number of aromatic amines is 1. The van der Waals surface area contributed by atoms with Crippen LogP contribution in [0.4, 0.5) is 23.4 Å². The summed E-state index contributed by atoms with van der Waals surface area (Å²) in [5.74, 6) is -0.872. The fourth-order valence-electron chi connectivity index (χ4n) is 3.73. The number of benzene rings is 2. The van der Waals surface area contributed by atoms with Crippen molar-refractivity contribution in [2.75, 3.05) is 25.1 Å². The summed E-state index contributed by atoms with van der Waals surface area (Å²) in [6.07, 6.45) is -1.39. The Morgan fingerprint density at radius 3 is 2.61 bits per heavy atom. The normalized spacial score (nSPS) is 11.6. The highest BCUT2D eigenvalue weighted by Crippen LogP contribution is 2.31. The maximum absolute atomic E-state index is 14.4. The highest BCUT2D eigenvalue weighted by atomic mass is 19.4. The fourth-order valence-corrected chi connectivity index (χ4v) is 3.73. The quantitative estimate of drug-likeness (QED) is 0.238. The molecule has 0 spiro atoms. The fraction of sp³-hybridized carbons (Fsp3) is 0.240. The first-order chi connectivity index (χ1) is 17.1. The maximum atomic E-state index is 14.4. The molecule has 188 valence electrons. The lowest BCUT2D eigenvalue weighted by molar-refractivity contribution is -0.138. The zero-order chi connectivity index (χ0) is 25.9. The first-order valence-electron chi connectivity index (χ1n) is 11.0. The van der Waals surface area contributed by atoms with E-state index in [0.29, 0.717) is 36.4 Å². The summed E-state index contributed by atoms with van der Waals surface area (Å²) in [6, 6.07) is 9.70. The molecule has 4 rings (SSSR count). The van der Waals surface area contributed by atoms with E-state index in [4.69, 9.17) is 9.84 Å². The number of carboxylic acid groups (broad SMARTS) is 1. The number of hydrogen-bond donors (Lipinski definition) is 2. The minimum atomic E-state index is -4.45. The maximum Gasteiger partial charge on any atom is 0.416 e. The molecule has 0 aliphatic rings. The molecule has 4 aromatic rings. The van der Waals surface area contributed by atoms with Gasteiger partial charge in [-0.15, -0.1) is 0 Å². The van der Waals surface area contributed by atoms with Crippen LogP contribution in [-0.4, -0.2) is 46.2 Å². The van der Waals surface area contributed by atoms with Gasteiger partial charge >= 0.3 is 12.1 Å². The van der Waals surface area contributed by atoms with Gasteiger partial charge in [0.25, 0.3) is 0 Å². The van der Waals surface area contributed by atoms with Crippen LogP contribution in [0.5, 0.6) is 5.75 Å². The van der Waals surface area contributed by atoms with Crippen molar-refractivity contribution in [1.29, 1.82) is 0 Å². The number of anilines is 1. The molecule has 0 saturated carbocycles. The highest BCUT2D eigenvalue weighted by Gasteiger charge is 2.30. The Morgan fingerprint density at radius 1 is 1.17 bits per heavy atom. The van der Waals surface area contributed by atoms with Crippen LogP contribution in [0, 0.1) is 5.82 Å². The SMILES string of the molecule is CN(CCCOc1ccc2[nH]cc(CC(=O)O)c2c1)c1nc(-c2ccc(C(F)(F)F)cc2)ncc1F. The number of H-pyrrole nitrogens is 1. The first-order valence-corrected chi connectivity index (χ1v) is 11.0. The lowest BCUT2D eigenvalue weighted by Crippen LogP contribution is -2.23. The van der Waals surface area contributed by atoms with Gasteiger partial charge < -0.3 is 19.7 Å². The van der Waals surface area contributed by atoms with Crippen molar-refractivity contribution >= 4 is 22.7 Å². The Morgan fingerprint density at radius 2 is 1.92 bits per heavy atom. The number of ether oxygens (including phenoxy) is 1. The smallest absolute Gasteiger partial charge is 0.416 e. The molecule has 0 amide bonds. The number of carboxylic acids is 1. The Labute approximate surface area is 203 Å². The molecule has 2 heterocycles. The minimum Gasteiger partial charge on any atom is -0.494 e. The summed E-state index contributed by atoms with van der Waals surface area (Å²) in [7, 11) is 1.64. The number of fused-ring (bicyclic) bond motifs is 1. The van der Waals surface area contributed by atoms with E-state index in [1.54, 1.807) is 36.3 Å². The second kappa shape index (κ2) is 10.2. The van der Waals surface area contributed by atoms with E-state index < -0.39 is 23.5 Å². The number of nitrogens with zero attached hydrogens (tertiary/aromatic N) is 3. The van der Waals surface area contributed by atoms with Gasteiger partial charge in [0.1, 0.15) is 5.75 Å². The van der Waals surface area contributed by atoms with Crippen molar-refractivity contribution in [3.05, 3.63) is 71.8 Å². The third-order valence-corrected chi connectivity index (χ3v) is 5.54. The minimum absolute atomic E-state index is 0.0203. The highest BCUT2D eigenvalue weighted by molar-refractivity contribution is 5.88. The molecule has 0 atom stereocenters. The van der Waals surface area contributed by atoms with Crippen molar-refractivity contribution in [3.63, 3.8) is 0 Å². The Hall–Kier alpha value is -4.15. The zero-order valence-electron chi connectivity index (χ0n) is 19.1. The number of nitrogens with one attached hydrogen (secondary N) is 1. The van der Waals surface area contributed by atoms with Gasteiger partial charge in [-0.05, 0) is 42.3 Å². The molecule has 0 unspecified atom stereocenters. The molecule has 2 N–H and O–H groups in total. The van der Waals surface area contributed by atoms with Crippen LogP contribution in [0.15, 0.2) is 54.9 Å². The molecule has 11 heteroatoms. The first kappa shape index (κ1) is 25.0. The Balaban J connectivity index is 1.37. The molecule has 0 aliphatic carbocycles. The van der Waals surface area contributed by atoms with Crippen LogP contribution in [0.2, 0.25) is 0 Å². The Kier molecular flexibility index (Phi) is 7.09. The molecule has 0 radical (unpaired) electrons. The molecule has 2 aromatic carbocycles. The summed E-state index contributed by atoms with van der Waals surface area (Å²) in [5, 5.41) is 9.82. The van der Waals surface area contributed by atoms with Crippen molar-refractivity contribution in [2.45, 2.75) is 19.0 Å². The van der Waals surface area contributed by atoms with Gasteiger partial charge in [0.2, 0.25) is 0 Å². The number of halogens is 4. The second-order valence-corrected chi connectivity index (χ2v) is 8.16. The third kappa shape index (κ3) is 5.73. The molecular formula is C25H22F4N4O3. The van der Waals surface area contributed by atoms with Gasteiger partial charge in [0.05, 0.1) is 24.8 Å². The van der Waals surface area contributed by atoms with Crippen LogP contribution in [-0.2, 0) is 17.4 Å². The lowest BCUT2D eigenvalue weighted by Gasteiger charge is -2.19. The van der Waals surface area contributed by atoms with Crippen LogP contribution in [0.25, 0.3) is 22.3 Å². The van der Waals surface area contributed by atoms with E-state index in [-0.39, 0.29) is 18.1 Å². The second-order valence-electron chi connectivity index (χ2n) is 8.16. The van der Waals surface area contributed by atoms with Crippen molar-refractivity contribution in [3.8, 4) is 17.1 Å². The molecule has 2 aromatic heterocycles. The number of carbonyl (C=O) groups is 1. The number of rotatable bonds is 9. The molecule has 7 nitrogen and oxygen atoms in total. The topological polar surface area (TPSA) is 91.3 Å². The van der Waals surface area contributed by atoms with Gasteiger partial charge in [-0.25, -0.2) is 14.4 Å². The van der Waals surface area contributed by atoms with Gasteiger partial charge in [0.15, 0.2) is 17.5 Å². The predicted molar refractivity (Wildman–Crippen MR) is 125 cm³/mol. The van der Waals surface area contributed by atoms with Gasteiger partial charge in [-0.2, -0.15) is 13.2 Å². The van der Waals surface area contributed by atoms with E-state index in [0.717, 1.165) is 29.2 Å². The third-order valence-electron chi connectivity index (χ3n) is 5.54. The number of alkyl halides is 3. The average Bonchev–Trinajstić information content (AvgIpc) is 3.23.